The zero-order valence-electron chi connectivity index (χ0n) is 9.65. The molecule has 2 rings (SSSR count). The van der Waals surface area contributed by atoms with Gasteiger partial charge in [-0.3, -0.25) is 0 Å². The third-order valence-corrected chi connectivity index (χ3v) is 3.63. The lowest BCUT2D eigenvalue weighted by Crippen LogP contribution is -2.41. The highest BCUT2D eigenvalue weighted by Gasteiger charge is 2.71. The molecule has 0 aromatic heterocycles. The van der Waals surface area contributed by atoms with Crippen molar-refractivity contribution < 1.29 is 35.8 Å². The molecule has 0 aromatic rings. The lowest BCUT2D eigenvalue weighted by atomic mass is 10.1. The maximum atomic E-state index is 12.6. The molecule has 1 saturated heterocycles. The van der Waals surface area contributed by atoms with Crippen molar-refractivity contribution in [2.45, 2.75) is 62.5 Å². The van der Waals surface area contributed by atoms with E-state index in [4.69, 9.17) is 9.47 Å². The first-order valence-electron chi connectivity index (χ1n) is 5.36. The summed E-state index contributed by atoms with van der Waals surface area (Å²) in [5.41, 5.74) is -2.60. The summed E-state index contributed by atoms with van der Waals surface area (Å²) in [5, 5.41) is 0. The summed E-state index contributed by atoms with van der Waals surface area (Å²) < 4.78 is 85.4. The molecule has 4 atom stereocenters. The topological polar surface area (TPSA) is 18.5 Å². The number of hydrogen-bond donors (Lipinski definition) is 0. The van der Waals surface area contributed by atoms with Gasteiger partial charge in [0.15, 0.2) is 12.2 Å². The molecule has 0 amide bonds. The smallest absolute Gasteiger partial charge is 0.359 e. The molecule has 2 nitrogen and oxygen atoms in total. The maximum Gasteiger partial charge on any atom is 0.414 e. The van der Waals surface area contributed by atoms with E-state index in [1.165, 1.54) is 13.8 Å². The van der Waals surface area contributed by atoms with E-state index in [0.717, 1.165) is 0 Å². The molecule has 0 radical (unpaired) electrons. The lowest BCUT2D eigenvalue weighted by molar-refractivity contribution is -0.256. The van der Waals surface area contributed by atoms with Crippen LogP contribution in [0.3, 0.4) is 0 Å². The highest BCUT2D eigenvalue weighted by Crippen LogP contribution is 2.58. The minimum atomic E-state index is -4.83. The molecule has 0 N–H and O–H groups in total. The fraction of sp³-hybridized carbons (Fsp3) is 1.00. The van der Waals surface area contributed by atoms with Gasteiger partial charge >= 0.3 is 12.4 Å². The number of fused-ring (bicyclic) bond motifs is 1. The Morgan fingerprint density at radius 3 is 1.44 bits per heavy atom. The second kappa shape index (κ2) is 3.53. The van der Waals surface area contributed by atoms with E-state index in [1.807, 2.05) is 0 Å². The first kappa shape index (κ1) is 13.9. The lowest BCUT2D eigenvalue weighted by Gasteiger charge is -2.25. The largest absolute Gasteiger partial charge is 0.414 e. The molecule has 106 valence electrons. The van der Waals surface area contributed by atoms with Crippen LogP contribution in [0.4, 0.5) is 26.3 Å². The zero-order valence-corrected chi connectivity index (χ0v) is 9.65. The van der Waals surface area contributed by atoms with Gasteiger partial charge < -0.3 is 9.47 Å². The number of halogens is 6. The zero-order chi connectivity index (χ0) is 14.0. The summed E-state index contributed by atoms with van der Waals surface area (Å²) in [4.78, 5) is 0. The molecule has 1 aliphatic carbocycles. The van der Waals surface area contributed by atoms with E-state index in [-0.39, 0.29) is 6.42 Å². The van der Waals surface area contributed by atoms with Crippen LogP contribution in [-0.2, 0) is 9.47 Å². The summed E-state index contributed by atoms with van der Waals surface area (Å²) in [5.74, 6) is 0. The van der Waals surface area contributed by atoms with Crippen molar-refractivity contribution in [3.8, 4) is 0 Å². The van der Waals surface area contributed by atoms with Crippen LogP contribution in [0.5, 0.6) is 0 Å². The van der Waals surface area contributed by atoms with Gasteiger partial charge in [0.25, 0.3) is 0 Å². The Labute approximate surface area is 99.2 Å². The molecule has 4 unspecified atom stereocenters. The van der Waals surface area contributed by atoms with Crippen LogP contribution < -0.4 is 0 Å². The third kappa shape index (κ3) is 2.20. The molecule has 1 aliphatic heterocycles. The maximum absolute atomic E-state index is 12.6. The van der Waals surface area contributed by atoms with E-state index in [2.05, 4.69) is 0 Å². The first-order valence-corrected chi connectivity index (χ1v) is 5.36. The SMILES string of the molecule is CC12CC1(C)OC(C(F)(F)F)CC(C(F)(F)F)O2. The Hall–Kier alpha value is -0.500. The van der Waals surface area contributed by atoms with Gasteiger partial charge in [-0.1, -0.05) is 0 Å². The summed E-state index contributed by atoms with van der Waals surface area (Å²) >= 11 is 0. The van der Waals surface area contributed by atoms with Crippen molar-refractivity contribution >= 4 is 0 Å². The molecular weight excluding hydrogens is 266 g/mol. The Morgan fingerprint density at radius 2 is 1.17 bits per heavy atom. The Bertz CT molecular complexity index is 319. The Kier molecular flexibility index (Phi) is 2.73. The van der Waals surface area contributed by atoms with Crippen LogP contribution >= 0.6 is 0 Å². The summed E-state index contributed by atoms with van der Waals surface area (Å²) in [7, 11) is 0. The third-order valence-electron chi connectivity index (χ3n) is 3.63. The molecule has 0 spiro atoms. The number of alkyl halides is 6. The molecule has 1 heterocycles. The molecule has 2 aliphatic rings. The monoisotopic (exact) mass is 278 g/mol. The van der Waals surface area contributed by atoms with Gasteiger partial charge in [0.2, 0.25) is 0 Å². The fourth-order valence-electron chi connectivity index (χ4n) is 2.25. The number of rotatable bonds is 0. The highest BCUT2D eigenvalue weighted by atomic mass is 19.4. The van der Waals surface area contributed by atoms with Crippen molar-refractivity contribution in [2.24, 2.45) is 0 Å². The molecule has 0 bridgehead atoms. The number of ether oxygens (including phenoxy) is 2. The molecule has 18 heavy (non-hydrogen) atoms. The van der Waals surface area contributed by atoms with Crippen LogP contribution in [0, 0.1) is 0 Å². The van der Waals surface area contributed by atoms with Gasteiger partial charge in [0, 0.05) is 12.8 Å². The molecular formula is C10H12F6O2. The summed E-state index contributed by atoms with van der Waals surface area (Å²) in [6.07, 6.45) is -15.8. The molecule has 0 aromatic carbocycles. The van der Waals surface area contributed by atoms with Crippen LogP contribution in [0.25, 0.3) is 0 Å². The van der Waals surface area contributed by atoms with Crippen LogP contribution in [0.1, 0.15) is 26.7 Å². The second-order valence-electron chi connectivity index (χ2n) is 5.17. The van der Waals surface area contributed by atoms with Gasteiger partial charge in [-0.25, -0.2) is 0 Å². The second-order valence-corrected chi connectivity index (χ2v) is 5.17. The average molecular weight is 278 g/mol. The highest BCUT2D eigenvalue weighted by molar-refractivity contribution is 5.18. The first-order chi connectivity index (χ1) is 7.87. The van der Waals surface area contributed by atoms with Crippen molar-refractivity contribution in [1.29, 1.82) is 0 Å². The van der Waals surface area contributed by atoms with Crippen molar-refractivity contribution in [1.82, 2.24) is 0 Å². The predicted molar refractivity (Wildman–Crippen MR) is 47.9 cm³/mol. The summed E-state index contributed by atoms with van der Waals surface area (Å²) in [6.45, 7) is 2.68. The van der Waals surface area contributed by atoms with Gasteiger partial charge in [0.1, 0.15) is 0 Å². The van der Waals surface area contributed by atoms with Crippen molar-refractivity contribution in [2.75, 3.05) is 0 Å². The van der Waals surface area contributed by atoms with Gasteiger partial charge in [-0.15, -0.1) is 0 Å². The van der Waals surface area contributed by atoms with E-state index >= 15 is 0 Å². The fourth-order valence-corrected chi connectivity index (χ4v) is 2.25. The van der Waals surface area contributed by atoms with Crippen molar-refractivity contribution in [3.63, 3.8) is 0 Å². The van der Waals surface area contributed by atoms with Crippen molar-refractivity contribution in [3.05, 3.63) is 0 Å². The van der Waals surface area contributed by atoms with Crippen LogP contribution in [0.15, 0.2) is 0 Å². The minimum absolute atomic E-state index is 0.0269. The minimum Gasteiger partial charge on any atom is -0.359 e. The van der Waals surface area contributed by atoms with Gasteiger partial charge in [-0.2, -0.15) is 26.3 Å². The van der Waals surface area contributed by atoms with E-state index in [0.29, 0.717) is 0 Å². The molecule has 1 saturated carbocycles. The Morgan fingerprint density at radius 1 is 0.833 bits per heavy atom. The quantitative estimate of drug-likeness (QED) is 0.633. The predicted octanol–water partition coefficient (Wildman–Crippen LogP) is 3.21. The van der Waals surface area contributed by atoms with Crippen LogP contribution in [0.2, 0.25) is 0 Å². The number of hydrogen-bond acceptors (Lipinski definition) is 2. The normalized spacial score (nSPS) is 45.3. The van der Waals surface area contributed by atoms with E-state index in [9.17, 15) is 26.3 Å². The van der Waals surface area contributed by atoms with E-state index in [1.54, 1.807) is 0 Å². The average Bonchev–Trinajstić information content (AvgIpc) is 2.63. The summed E-state index contributed by atoms with van der Waals surface area (Å²) in [6, 6.07) is 0. The van der Waals surface area contributed by atoms with E-state index < -0.39 is 42.2 Å². The standard InChI is InChI=1S/C10H12F6O2/c1-7-4-8(7,2)18-6(10(14,15)16)3-5(17-7)9(11,12)13/h5-6H,3-4H2,1-2H3. The molecule has 2 fully saturated rings. The molecule has 8 heteroatoms. The van der Waals surface area contributed by atoms with Gasteiger partial charge in [-0.05, 0) is 13.8 Å². The van der Waals surface area contributed by atoms with Gasteiger partial charge in [0.05, 0.1) is 11.2 Å². The van der Waals surface area contributed by atoms with Crippen LogP contribution in [-0.4, -0.2) is 35.8 Å². The Balaban J connectivity index is 2.27.